The predicted molar refractivity (Wildman–Crippen MR) is 55.8 cm³/mol. The fourth-order valence-corrected chi connectivity index (χ4v) is 1.37. The summed E-state index contributed by atoms with van der Waals surface area (Å²) in [5.74, 6) is 0. The van der Waals surface area contributed by atoms with Gasteiger partial charge in [0.1, 0.15) is 0 Å². The SMILES string of the molecule is NC(CCc1ccccn1)CCC(F)(F)F. The van der Waals surface area contributed by atoms with Crippen molar-refractivity contribution in [3.05, 3.63) is 30.1 Å². The Kier molecular flexibility index (Phi) is 4.73. The number of nitrogens with two attached hydrogens (primary N) is 1. The lowest BCUT2D eigenvalue weighted by Gasteiger charge is -2.12. The van der Waals surface area contributed by atoms with Gasteiger partial charge in [-0.2, -0.15) is 13.2 Å². The van der Waals surface area contributed by atoms with Crippen LogP contribution in [-0.4, -0.2) is 17.2 Å². The first-order valence-corrected chi connectivity index (χ1v) is 5.19. The Morgan fingerprint density at radius 2 is 2.00 bits per heavy atom. The van der Waals surface area contributed by atoms with Gasteiger partial charge in [0.25, 0.3) is 0 Å². The maximum Gasteiger partial charge on any atom is 0.389 e. The van der Waals surface area contributed by atoms with Gasteiger partial charge in [0, 0.05) is 24.4 Å². The third-order valence-corrected chi connectivity index (χ3v) is 2.30. The van der Waals surface area contributed by atoms with Crippen LogP contribution in [0.5, 0.6) is 0 Å². The molecule has 0 amide bonds. The number of nitrogens with zero attached hydrogens (tertiary/aromatic N) is 1. The molecule has 0 saturated carbocycles. The fourth-order valence-electron chi connectivity index (χ4n) is 1.37. The number of halogens is 3. The molecule has 0 fully saturated rings. The van der Waals surface area contributed by atoms with Crippen molar-refractivity contribution in [3.63, 3.8) is 0 Å². The smallest absolute Gasteiger partial charge is 0.328 e. The molecule has 90 valence electrons. The lowest BCUT2D eigenvalue weighted by molar-refractivity contribution is -0.136. The highest BCUT2D eigenvalue weighted by Crippen LogP contribution is 2.22. The number of hydrogen-bond acceptors (Lipinski definition) is 2. The maximum absolute atomic E-state index is 11.9. The van der Waals surface area contributed by atoms with Crippen LogP contribution in [0.3, 0.4) is 0 Å². The van der Waals surface area contributed by atoms with E-state index in [0.29, 0.717) is 12.8 Å². The molecule has 0 aliphatic heterocycles. The highest BCUT2D eigenvalue weighted by atomic mass is 19.4. The monoisotopic (exact) mass is 232 g/mol. The normalized spacial score (nSPS) is 13.8. The summed E-state index contributed by atoms with van der Waals surface area (Å²) in [4.78, 5) is 4.08. The van der Waals surface area contributed by atoms with Gasteiger partial charge in [-0.25, -0.2) is 0 Å². The van der Waals surface area contributed by atoms with Gasteiger partial charge in [0.2, 0.25) is 0 Å². The lowest BCUT2D eigenvalue weighted by atomic mass is 10.1. The largest absolute Gasteiger partial charge is 0.389 e. The van der Waals surface area contributed by atoms with E-state index in [1.165, 1.54) is 0 Å². The Balaban J connectivity index is 2.23. The molecule has 1 aromatic heterocycles. The molecule has 0 aliphatic carbocycles. The van der Waals surface area contributed by atoms with Crippen molar-refractivity contribution in [3.8, 4) is 0 Å². The first-order chi connectivity index (χ1) is 7.47. The molecule has 5 heteroatoms. The molecule has 0 aromatic carbocycles. The van der Waals surface area contributed by atoms with E-state index in [2.05, 4.69) is 4.98 Å². The molecule has 1 heterocycles. The fraction of sp³-hybridized carbons (Fsp3) is 0.545. The molecular formula is C11H15F3N2. The highest BCUT2D eigenvalue weighted by Gasteiger charge is 2.27. The topological polar surface area (TPSA) is 38.9 Å². The first-order valence-electron chi connectivity index (χ1n) is 5.19. The quantitative estimate of drug-likeness (QED) is 0.847. The van der Waals surface area contributed by atoms with Crippen molar-refractivity contribution in [2.24, 2.45) is 5.73 Å². The summed E-state index contributed by atoms with van der Waals surface area (Å²) in [6.07, 6.45) is -2.11. The highest BCUT2D eigenvalue weighted by molar-refractivity contribution is 5.03. The van der Waals surface area contributed by atoms with Gasteiger partial charge in [-0.15, -0.1) is 0 Å². The summed E-state index contributed by atoms with van der Waals surface area (Å²) in [7, 11) is 0. The average Bonchev–Trinajstić information content (AvgIpc) is 2.24. The van der Waals surface area contributed by atoms with Crippen LogP contribution in [0.4, 0.5) is 13.2 Å². The number of aromatic nitrogens is 1. The van der Waals surface area contributed by atoms with Gasteiger partial charge in [-0.1, -0.05) is 6.07 Å². The number of alkyl halides is 3. The zero-order chi connectivity index (χ0) is 12.0. The predicted octanol–water partition coefficient (Wildman–Crippen LogP) is 2.68. The number of hydrogen-bond donors (Lipinski definition) is 1. The maximum atomic E-state index is 11.9. The van der Waals surface area contributed by atoms with Crippen molar-refractivity contribution < 1.29 is 13.2 Å². The Morgan fingerprint density at radius 1 is 1.25 bits per heavy atom. The number of pyridine rings is 1. The minimum atomic E-state index is -4.11. The van der Waals surface area contributed by atoms with Gasteiger partial charge < -0.3 is 5.73 Å². The van der Waals surface area contributed by atoms with Gasteiger partial charge in [-0.05, 0) is 31.4 Å². The molecular weight excluding hydrogens is 217 g/mol. The van der Waals surface area contributed by atoms with Crippen LogP contribution in [0.15, 0.2) is 24.4 Å². The average molecular weight is 232 g/mol. The number of aryl methyl sites for hydroxylation is 1. The second-order valence-corrected chi connectivity index (χ2v) is 3.77. The van der Waals surface area contributed by atoms with Crippen molar-refractivity contribution in [1.29, 1.82) is 0 Å². The van der Waals surface area contributed by atoms with Crippen molar-refractivity contribution >= 4 is 0 Å². The molecule has 1 unspecified atom stereocenters. The van der Waals surface area contributed by atoms with Crippen LogP contribution in [0.2, 0.25) is 0 Å². The second kappa shape index (κ2) is 5.84. The summed E-state index contributed by atoms with van der Waals surface area (Å²) < 4.78 is 35.7. The molecule has 0 saturated heterocycles. The van der Waals surface area contributed by atoms with Gasteiger partial charge >= 0.3 is 6.18 Å². The van der Waals surface area contributed by atoms with E-state index in [1.807, 2.05) is 12.1 Å². The molecule has 0 bridgehead atoms. The number of rotatable bonds is 5. The summed E-state index contributed by atoms with van der Waals surface area (Å²) in [6.45, 7) is 0. The third kappa shape index (κ3) is 5.70. The summed E-state index contributed by atoms with van der Waals surface area (Å²) in [5, 5.41) is 0. The van der Waals surface area contributed by atoms with Crippen LogP contribution in [0.25, 0.3) is 0 Å². The van der Waals surface area contributed by atoms with E-state index < -0.39 is 18.6 Å². The summed E-state index contributed by atoms with van der Waals surface area (Å²) in [6, 6.07) is 5.08. The minimum Gasteiger partial charge on any atom is -0.328 e. The van der Waals surface area contributed by atoms with Crippen molar-refractivity contribution in [2.45, 2.75) is 37.9 Å². The molecule has 0 aliphatic rings. The molecule has 2 N–H and O–H groups in total. The zero-order valence-corrected chi connectivity index (χ0v) is 8.87. The van der Waals surface area contributed by atoms with E-state index in [-0.39, 0.29) is 6.42 Å². The third-order valence-electron chi connectivity index (χ3n) is 2.30. The van der Waals surface area contributed by atoms with E-state index >= 15 is 0 Å². The summed E-state index contributed by atoms with van der Waals surface area (Å²) >= 11 is 0. The van der Waals surface area contributed by atoms with E-state index in [0.717, 1.165) is 5.69 Å². The van der Waals surface area contributed by atoms with Gasteiger partial charge in [-0.3, -0.25) is 4.98 Å². The van der Waals surface area contributed by atoms with Crippen LogP contribution >= 0.6 is 0 Å². The standard InChI is InChI=1S/C11H15F3N2/c12-11(13,14)7-6-9(15)4-5-10-3-1-2-8-16-10/h1-3,8-9H,4-7,15H2. The van der Waals surface area contributed by atoms with Crippen LogP contribution < -0.4 is 5.73 Å². The van der Waals surface area contributed by atoms with E-state index in [4.69, 9.17) is 5.73 Å². The van der Waals surface area contributed by atoms with Crippen LogP contribution in [0, 0.1) is 0 Å². The Hall–Kier alpha value is -1.10. The molecule has 2 nitrogen and oxygen atoms in total. The molecule has 16 heavy (non-hydrogen) atoms. The Bertz CT molecular complexity index is 298. The molecule has 0 spiro atoms. The molecule has 1 rings (SSSR count). The van der Waals surface area contributed by atoms with Crippen LogP contribution in [0.1, 0.15) is 25.0 Å². The summed E-state index contributed by atoms with van der Waals surface area (Å²) in [5.41, 5.74) is 6.47. The first kappa shape index (κ1) is 13.0. The van der Waals surface area contributed by atoms with Crippen molar-refractivity contribution in [2.75, 3.05) is 0 Å². The van der Waals surface area contributed by atoms with E-state index in [9.17, 15) is 13.2 Å². The second-order valence-electron chi connectivity index (χ2n) is 3.77. The van der Waals surface area contributed by atoms with Crippen LogP contribution in [-0.2, 0) is 6.42 Å². The zero-order valence-electron chi connectivity index (χ0n) is 8.87. The van der Waals surface area contributed by atoms with Crippen molar-refractivity contribution in [1.82, 2.24) is 4.98 Å². The minimum absolute atomic E-state index is 0.0175. The lowest BCUT2D eigenvalue weighted by Crippen LogP contribution is -2.23. The Morgan fingerprint density at radius 3 is 2.56 bits per heavy atom. The molecule has 1 aromatic rings. The van der Waals surface area contributed by atoms with Gasteiger partial charge in [0.15, 0.2) is 0 Å². The van der Waals surface area contributed by atoms with Gasteiger partial charge in [0.05, 0.1) is 0 Å². The molecule has 1 atom stereocenters. The Labute approximate surface area is 92.7 Å². The van der Waals surface area contributed by atoms with E-state index in [1.54, 1.807) is 12.3 Å². The molecule has 0 radical (unpaired) electrons.